The average Bonchev–Trinajstić information content (AvgIpc) is 3.11. The summed E-state index contributed by atoms with van der Waals surface area (Å²) in [5.41, 5.74) is 3.54. The normalized spacial score (nSPS) is 15.0. The van der Waals surface area contributed by atoms with E-state index in [1.54, 1.807) is 6.07 Å². The molecule has 26 heavy (non-hydrogen) atoms. The van der Waals surface area contributed by atoms with E-state index in [2.05, 4.69) is 15.1 Å². The van der Waals surface area contributed by atoms with Gasteiger partial charge in [-0.1, -0.05) is 11.6 Å². The fraction of sp³-hybridized carbons (Fsp3) is 0.368. The maximum atomic E-state index is 11.8. The second-order valence-electron chi connectivity index (χ2n) is 6.58. The summed E-state index contributed by atoms with van der Waals surface area (Å²) < 4.78 is 1.92. The van der Waals surface area contributed by atoms with E-state index in [0.29, 0.717) is 11.6 Å². The minimum Gasteiger partial charge on any atom is -0.343 e. The number of nitrogens with zero attached hydrogens (tertiary/aromatic N) is 5. The summed E-state index contributed by atoms with van der Waals surface area (Å²) in [6, 6.07) is 5.57. The van der Waals surface area contributed by atoms with Gasteiger partial charge < -0.3 is 4.90 Å². The molecule has 0 aromatic carbocycles. The van der Waals surface area contributed by atoms with Gasteiger partial charge in [-0.2, -0.15) is 5.10 Å². The van der Waals surface area contributed by atoms with E-state index in [-0.39, 0.29) is 5.91 Å². The SMILES string of the molecule is O=C1CCCCN1CCCn1cc(-c2cnc3ccc(Cl)nc3c2)cn1. The van der Waals surface area contributed by atoms with Gasteiger partial charge in [0.25, 0.3) is 0 Å². The van der Waals surface area contributed by atoms with E-state index in [0.717, 1.165) is 61.1 Å². The molecule has 1 saturated heterocycles. The quantitative estimate of drug-likeness (QED) is 0.645. The number of rotatable bonds is 5. The molecule has 1 amide bonds. The molecule has 0 saturated carbocycles. The van der Waals surface area contributed by atoms with Crippen molar-refractivity contribution in [2.45, 2.75) is 32.2 Å². The second kappa shape index (κ2) is 7.41. The number of carbonyl (C=O) groups is 1. The lowest BCUT2D eigenvalue weighted by Gasteiger charge is -2.26. The van der Waals surface area contributed by atoms with Crippen LogP contribution in [0.5, 0.6) is 0 Å². The average molecular weight is 370 g/mol. The first-order valence-electron chi connectivity index (χ1n) is 8.92. The van der Waals surface area contributed by atoms with Gasteiger partial charge >= 0.3 is 0 Å². The molecular weight excluding hydrogens is 350 g/mol. The number of hydrogen-bond donors (Lipinski definition) is 0. The van der Waals surface area contributed by atoms with Crippen molar-refractivity contribution in [1.82, 2.24) is 24.6 Å². The fourth-order valence-electron chi connectivity index (χ4n) is 3.30. The van der Waals surface area contributed by atoms with Gasteiger partial charge in [0.2, 0.25) is 5.91 Å². The number of aromatic nitrogens is 4. The predicted molar refractivity (Wildman–Crippen MR) is 101 cm³/mol. The highest BCUT2D eigenvalue weighted by molar-refractivity contribution is 6.29. The van der Waals surface area contributed by atoms with E-state index in [1.165, 1.54) is 0 Å². The van der Waals surface area contributed by atoms with E-state index < -0.39 is 0 Å². The molecule has 0 atom stereocenters. The van der Waals surface area contributed by atoms with Crippen molar-refractivity contribution < 1.29 is 4.79 Å². The van der Waals surface area contributed by atoms with Crippen LogP contribution in [0.15, 0.2) is 36.8 Å². The molecule has 0 unspecified atom stereocenters. The van der Waals surface area contributed by atoms with Crippen LogP contribution in [0, 0.1) is 0 Å². The van der Waals surface area contributed by atoms with Crippen molar-refractivity contribution in [3.63, 3.8) is 0 Å². The Morgan fingerprint density at radius 3 is 2.88 bits per heavy atom. The molecule has 4 heterocycles. The lowest BCUT2D eigenvalue weighted by Crippen LogP contribution is -2.36. The van der Waals surface area contributed by atoms with Gasteiger partial charge in [0.05, 0.1) is 17.2 Å². The number of piperidine rings is 1. The summed E-state index contributed by atoms with van der Waals surface area (Å²) in [7, 11) is 0. The number of halogens is 1. The van der Waals surface area contributed by atoms with Gasteiger partial charge in [-0.25, -0.2) is 4.98 Å². The number of amides is 1. The second-order valence-corrected chi connectivity index (χ2v) is 6.97. The lowest BCUT2D eigenvalue weighted by molar-refractivity contribution is -0.133. The Balaban J connectivity index is 1.42. The Hall–Kier alpha value is -2.47. The molecule has 3 aromatic rings. The van der Waals surface area contributed by atoms with Gasteiger partial charge in [0, 0.05) is 49.6 Å². The van der Waals surface area contributed by atoms with E-state index >= 15 is 0 Å². The Labute approximate surface area is 156 Å². The highest BCUT2D eigenvalue weighted by Crippen LogP contribution is 2.22. The summed E-state index contributed by atoms with van der Waals surface area (Å²) in [6.45, 7) is 2.48. The van der Waals surface area contributed by atoms with Crippen LogP contribution in [0.3, 0.4) is 0 Å². The van der Waals surface area contributed by atoms with Crippen molar-refractivity contribution in [2.75, 3.05) is 13.1 Å². The van der Waals surface area contributed by atoms with Crippen LogP contribution >= 0.6 is 11.6 Å². The van der Waals surface area contributed by atoms with E-state index in [4.69, 9.17) is 11.6 Å². The summed E-state index contributed by atoms with van der Waals surface area (Å²) in [4.78, 5) is 22.6. The minimum atomic E-state index is 0.283. The van der Waals surface area contributed by atoms with Crippen LogP contribution in [-0.4, -0.2) is 43.6 Å². The number of pyridine rings is 2. The van der Waals surface area contributed by atoms with Crippen LogP contribution in [0.1, 0.15) is 25.7 Å². The van der Waals surface area contributed by atoms with E-state index in [9.17, 15) is 4.79 Å². The van der Waals surface area contributed by atoms with Crippen LogP contribution in [0.25, 0.3) is 22.2 Å². The number of likely N-dealkylation sites (tertiary alicyclic amines) is 1. The summed E-state index contributed by atoms with van der Waals surface area (Å²) in [5.74, 6) is 0.283. The molecule has 0 N–H and O–H groups in total. The van der Waals surface area contributed by atoms with Crippen LogP contribution in [0.4, 0.5) is 0 Å². The zero-order valence-corrected chi connectivity index (χ0v) is 15.2. The molecule has 7 heteroatoms. The zero-order valence-electron chi connectivity index (χ0n) is 14.4. The topological polar surface area (TPSA) is 63.9 Å². The number of carbonyl (C=O) groups excluding carboxylic acids is 1. The first kappa shape index (κ1) is 17.0. The van der Waals surface area contributed by atoms with Crippen molar-refractivity contribution in [2.24, 2.45) is 0 Å². The van der Waals surface area contributed by atoms with Gasteiger partial charge in [0.1, 0.15) is 5.15 Å². The van der Waals surface area contributed by atoms with Crippen molar-refractivity contribution in [3.8, 4) is 11.1 Å². The standard InChI is InChI=1S/C19H20ClN5O/c20-18-6-5-16-17(23-18)10-14(11-21-16)15-12-22-25(13-15)9-3-8-24-7-2-1-4-19(24)26/h5-6,10-13H,1-4,7-9H2. The molecule has 3 aromatic heterocycles. The highest BCUT2D eigenvalue weighted by atomic mass is 35.5. The molecule has 0 aliphatic carbocycles. The maximum absolute atomic E-state index is 11.8. The van der Waals surface area contributed by atoms with Gasteiger partial charge in [-0.15, -0.1) is 0 Å². The van der Waals surface area contributed by atoms with Gasteiger partial charge in [-0.3, -0.25) is 14.5 Å². The van der Waals surface area contributed by atoms with Gasteiger partial charge in [0.15, 0.2) is 0 Å². The summed E-state index contributed by atoms with van der Waals surface area (Å²) in [5, 5.41) is 4.89. The van der Waals surface area contributed by atoms with Gasteiger partial charge in [-0.05, 0) is 37.5 Å². The van der Waals surface area contributed by atoms with Crippen LogP contribution in [0.2, 0.25) is 5.15 Å². The molecular formula is C19H20ClN5O. The number of hydrogen-bond acceptors (Lipinski definition) is 4. The molecule has 1 fully saturated rings. The monoisotopic (exact) mass is 369 g/mol. The Morgan fingerprint density at radius 2 is 2.00 bits per heavy atom. The zero-order chi connectivity index (χ0) is 17.9. The third-order valence-corrected chi connectivity index (χ3v) is 4.92. The lowest BCUT2D eigenvalue weighted by atomic mass is 10.1. The smallest absolute Gasteiger partial charge is 0.222 e. The molecule has 1 aliphatic heterocycles. The predicted octanol–water partition coefficient (Wildman–Crippen LogP) is 3.55. The third-order valence-electron chi connectivity index (χ3n) is 4.71. The maximum Gasteiger partial charge on any atom is 0.222 e. The molecule has 4 rings (SSSR count). The van der Waals surface area contributed by atoms with E-state index in [1.807, 2.05) is 40.3 Å². The molecule has 6 nitrogen and oxygen atoms in total. The number of aryl methyl sites for hydroxylation is 1. The molecule has 0 radical (unpaired) electrons. The summed E-state index contributed by atoms with van der Waals surface area (Å²) in [6.07, 6.45) is 9.40. The first-order chi connectivity index (χ1) is 12.7. The molecule has 0 spiro atoms. The van der Waals surface area contributed by atoms with Crippen LogP contribution in [-0.2, 0) is 11.3 Å². The largest absolute Gasteiger partial charge is 0.343 e. The van der Waals surface area contributed by atoms with Crippen molar-refractivity contribution >= 4 is 28.5 Å². The Kier molecular flexibility index (Phi) is 4.84. The summed E-state index contributed by atoms with van der Waals surface area (Å²) >= 11 is 5.97. The number of fused-ring (bicyclic) bond motifs is 1. The molecule has 1 aliphatic rings. The Morgan fingerprint density at radius 1 is 1.08 bits per heavy atom. The Bertz CT molecular complexity index is 939. The third kappa shape index (κ3) is 3.70. The minimum absolute atomic E-state index is 0.283. The van der Waals surface area contributed by atoms with Crippen molar-refractivity contribution in [1.29, 1.82) is 0 Å². The highest BCUT2D eigenvalue weighted by Gasteiger charge is 2.17. The first-order valence-corrected chi connectivity index (χ1v) is 9.30. The molecule has 0 bridgehead atoms. The molecule has 134 valence electrons. The fourth-order valence-corrected chi connectivity index (χ4v) is 3.45. The van der Waals surface area contributed by atoms with Crippen LogP contribution < -0.4 is 0 Å². The van der Waals surface area contributed by atoms with Crippen molar-refractivity contribution in [3.05, 3.63) is 41.9 Å².